The lowest BCUT2D eigenvalue weighted by Crippen LogP contribution is -2.26. The number of methoxy groups -OCH3 is 1. The molecule has 0 aliphatic carbocycles. The average molecular weight is 415 g/mol. The van der Waals surface area contributed by atoms with Crippen LogP contribution in [0.4, 0.5) is 0 Å². The Morgan fingerprint density at radius 1 is 1.21 bits per heavy atom. The minimum absolute atomic E-state index is 0.229. The number of carbonyl (C=O) groups excluding carboxylic acids is 1. The zero-order valence-corrected chi connectivity index (χ0v) is 17.5. The number of aromatic nitrogens is 1. The zero-order chi connectivity index (χ0) is 21.0. The molecule has 1 heterocycles. The van der Waals surface area contributed by atoms with Crippen molar-refractivity contribution in [3.05, 3.63) is 75.6 Å². The Bertz CT molecular complexity index is 996. The van der Waals surface area contributed by atoms with Crippen LogP contribution in [0.15, 0.2) is 47.0 Å². The van der Waals surface area contributed by atoms with Gasteiger partial charge in [-0.25, -0.2) is 0 Å². The van der Waals surface area contributed by atoms with Crippen molar-refractivity contribution < 1.29 is 18.8 Å². The molecular formula is C22H23ClN2O4. The quantitative estimate of drug-likeness (QED) is 0.587. The Kier molecular flexibility index (Phi) is 6.44. The van der Waals surface area contributed by atoms with Crippen molar-refractivity contribution >= 4 is 17.5 Å². The smallest absolute Gasteiger partial charge is 0.251 e. The number of nitrogens with zero attached hydrogens (tertiary/aromatic N) is 1. The maximum atomic E-state index is 12.7. The molecule has 6 nitrogen and oxygen atoms in total. The summed E-state index contributed by atoms with van der Waals surface area (Å²) in [5.74, 6) is 1.48. The number of benzene rings is 2. The SMILES string of the molecule is COc1cc(C(=O)NC(C)c2ccccc2Cl)ccc1OCc1c(C)noc1C. The van der Waals surface area contributed by atoms with Crippen LogP contribution in [-0.4, -0.2) is 18.2 Å². The molecule has 1 amide bonds. The standard InChI is InChI=1S/C22H23ClN2O4/c1-13(17-7-5-6-8-19(17)23)24-22(26)16-9-10-20(21(11-16)27-4)28-12-18-14(2)25-29-15(18)3/h5-11,13H,12H2,1-4H3,(H,24,26). The van der Waals surface area contributed by atoms with Gasteiger partial charge in [0.05, 0.1) is 24.4 Å². The van der Waals surface area contributed by atoms with E-state index in [1.165, 1.54) is 7.11 Å². The first-order chi connectivity index (χ1) is 13.9. The molecule has 0 aliphatic heterocycles. The van der Waals surface area contributed by atoms with Gasteiger partial charge < -0.3 is 19.3 Å². The van der Waals surface area contributed by atoms with Gasteiger partial charge in [-0.15, -0.1) is 0 Å². The lowest BCUT2D eigenvalue weighted by Gasteiger charge is -2.17. The number of aryl methyl sites for hydroxylation is 2. The van der Waals surface area contributed by atoms with E-state index < -0.39 is 0 Å². The summed E-state index contributed by atoms with van der Waals surface area (Å²) in [6, 6.07) is 12.2. The van der Waals surface area contributed by atoms with Crippen molar-refractivity contribution in [2.24, 2.45) is 0 Å². The normalized spacial score (nSPS) is 11.8. The van der Waals surface area contributed by atoms with E-state index in [0.717, 1.165) is 16.8 Å². The summed E-state index contributed by atoms with van der Waals surface area (Å²) in [6.45, 7) is 5.88. The second-order valence-corrected chi connectivity index (χ2v) is 7.08. The number of rotatable bonds is 7. The molecule has 3 rings (SSSR count). The molecule has 1 aromatic heterocycles. The Labute approximate surface area is 174 Å². The molecule has 0 spiro atoms. The zero-order valence-electron chi connectivity index (χ0n) is 16.8. The monoisotopic (exact) mass is 414 g/mol. The number of halogens is 1. The lowest BCUT2D eigenvalue weighted by molar-refractivity contribution is 0.0939. The van der Waals surface area contributed by atoms with E-state index in [-0.39, 0.29) is 11.9 Å². The molecule has 7 heteroatoms. The molecule has 1 atom stereocenters. The summed E-state index contributed by atoms with van der Waals surface area (Å²) in [5.41, 5.74) is 2.99. The second-order valence-electron chi connectivity index (χ2n) is 6.67. The van der Waals surface area contributed by atoms with E-state index in [9.17, 15) is 4.79 Å². The van der Waals surface area contributed by atoms with E-state index >= 15 is 0 Å². The first-order valence-electron chi connectivity index (χ1n) is 9.18. The van der Waals surface area contributed by atoms with Crippen LogP contribution >= 0.6 is 11.6 Å². The maximum Gasteiger partial charge on any atom is 0.251 e. The summed E-state index contributed by atoms with van der Waals surface area (Å²) >= 11 is 6.22. The molecule has 0 aliphatic rings. The van der Waals surface area contributed by atoms with Gasteiger partial charge in [0.15, 0.2) is 11.5 Å². The highest BCUT2D eigenvalue weighted by molar-refractivity contribution is 6.31. The molecule has 152 valence electrons. The lowest BCUT2D eigenvalue weighted by atomic mass is 10.1. The third-order valence-electron chi connectivity index (χ3n) is 4.70. The fourth-order valence-corrected chi connectivity index (χ4v) is 3.27. The minimum atomic E-state index is -0.238. The van der Waals surface area contributed by atoms with Gasteiger partial charge in [0.1, 0.15) is 12.4 Å². The predicted octanol–water partition coefficient (Wildman–Crippen LogP) is 5.02. The van der Waals surface area contributed by atoms with Crippen LogP contribution in [0.25, 0.3) is 0 Å². The van der Waals surface area contributed by atoms with Crippen LogP contribution < -0.4 is 14.8 Å². The van der Waals surface area contributed by atoms with Crippen LogP contribution in [0.5, 0.6) is 11.5 Å². The number of hydrogen-bond donors (Lipinski definition) is 1. The van der Waals surface area contributed by atoms with Crippen LogP contribution in [0.3, 0.4) is 0 Å². The third-order valence-corrected chi connectivity index (χ3v) is 5.04. The number of hydrogen-bond acceptors (Lipinski definition) is 5. The maximum absolute atomic E-state index is 12.7. The number of amides is 1. The van der Waals surface area contributed by atoms with E-state index in [1.807, 2.05) is 39.0 Å². The Morgan fingerprint density at radius 2 is 1.97 bits per heavy atom. The molecule has 1 unspecified atom stereocenters. The highest BCUT2D eigenvalue weighted by Gasteiger charge is 2.17. The van der Waals surface area contributed by atoms with Gasteiger partial charge in [-0.1, -0.05) is 35.0 Å². The predicted molar refractivity (Wildman–Crippen MR) is 111 cm³/mol. The topological polar surface area (TPSA) is 73.6 Å². The van der Waals surface area contributed by atoms with Gasteiger partial charge >= 0.3 is 0 Å². The molecule has 2 aromatic carbocycles. The van der Waals surface area contributed by atoms with Gasteiger partial charge in [-0.05, 0) is 50.6 Å². The molecule has 29 heavy (non-hydrogen) atoms. The summed E-state index contributed by atoms with van der Waals surface area (Å²) < 4.78 is 16.4. The first-order valence-corrected chi connectivity index (χ1v) is 9.56. The van der Waals surface area contributed by atoms with Crippen molar-refractivity contribution in [1.29, 1.82) is 0 Å². The summed E-state index contributed by atoms with van der Waals surface area (Å²) in [4.78, 5) is 12.7. The molecule has 0 radical (unpaired) electrons. The van der Waals surface area contributed by atoms with Gasteiger partial charge in [0, 0.05) is 10.6 Å². The van der Waals surface area contributed by atoms with Crippen LogP contribution in [-0.2, 0) is 6.61 Å². The summed E-state index contributed by atoms with van der Waals surface area (Å²) in [5, 5.41) is 7.48. The average Bonchev–Trinajstić information content (AvgIpc) is 3.04. The van der Waals surface area contributed by atoms with Crippen LogP contribution in [0.2, 0.25) is 5.02 Å². The highest BCUT2D eigenvalue weighted by atomic mass is 35.5. The fraction of sp³-hybridized carbons (Fsp3) is 0.273. The van der Waals surface area contributed by atoms with Crippen molar-refractivity contribution in [2.45, 2.75) is 33.4 Å². The van der Waals surface area contributed by atoms with Crippen molar-refractivity contribution in [2.75, 3.05) is 7.11 Å². The van der Waals surface area contributed by atoms with Crippen LogP contribution in [0.1, 0.15) is 45.9 Å². The molecule has 3 aromatic rings. The van der Waals surface area contributed by atoms with Crippen molar-refractivity contribution in [1.82, 2.24) is 10.5 Å². The molecule has 0 bridgehead atoms. The minimum Gasteiger partial charge on any atom is -0.493 e. The first kappa shape index (κ1) is 20.7. The summed E-state index contributed by atoms with van der Waals surface area (Å²) in [6.07, 6.45) is 0. The Balaban J connectivity index is 1.72. The second kappa shape index (κ2) is 9.01. The highest BCUT2D eigenvalue weighted by Crippen LogP contribution is 2.30. The summed E-state index contributed by atoms with van der Waals surface area (Å²) in [7, 11) is 1.53. The van der Waals surface area contributed by atoms with Gasteiger partial charge in [-0.3, -0.25) is 4.79 Å². The van der Waals surface area contributed by atoms with Crippen molar-refractivity contribution in [3.8, 4) is 11.5 Å². The molecule has 1 N–H and O–H groups in total. The number of nitrogens with one attached hydrogen (secondary N) is 1. The molecular weight excluding hydrogens is 392 g/mol. The van der Waals surface area contributed by atoms with Gasteiger partial charge in [-0.2, -0.15) is 0 Å². The largest absolute Gasteiger partial charge is 0.493 e. The van der Waals surface area contributed by atoms with Gasteiger partial charge in [0.2, 0.25) is 0 Å². The van der Waals surface area contributed by atoms with E-state index in [2.05, 4.69) is 10.5 Å². The number of ether oxygens (including phenoxy) is 2. The Hall–Kier alpha value is -2.99. The Morgan fingerprint density at radius 3 is 2.62 bits per heavy atom. The van der Waals surface area contributed by atoms with E-state index in [1.54, 1.807) is 24.3 Å². The molecule has 0 saturated carbocycles. The third kappa shape index (κ3) is 4.71. The molecule has 0 fully saturated rings. The van der Waals surface area contributed by atoms with Crippen molar-refractivity contribution in [3.63, 3.8) is 0 Å². The van der Waals surface area contributed by atoms with E-state index in [4.69, 9.17) is 25.6 Å². The van der Waals surface area contributed by atoms with Gasteiger partial charge in [0.25, 0.3) is 5.91 Å². The van der Waals surface area contributed by atoms with Crippen LogP contribution in [0, 0.1) is 13.8 Å². The fourth-order valence-electron chi connectivity index (χ4n) is 2.97. The number of carbonyl (C=O) groups is 1. The van der Waals surface area contributed by atoms with E-state index in [0.29, 0.717) is 34.5 Å². The molecule has 0 saturated heterocycles.